The lowest BCUT2D eigenvalue weighted by Gasteiger charge is -2.19. The molecule has 1 atom stereocenters. The van der Waals surface area contributed by atoms with Crippen molar-refractivity contribution in [3.05, 3.63) is 65.7 Å². The number of nitrogens with zero attached hydrogens (tertiary/aromatic N) is 1. The minimum absolute atomic E-state index is 0.0294. The largest absolute Gasteiger partial charge is 0.468 e. The highest BCUT2D eigenvalue weighted by Gasteiger charge is 2.20. The first kappa shape index (κ1) is 20.0. The standard InChI is InChI=1S/C21H25NO3S/c1-16(21(24)25-3)26-19-14-8-7-13-18(19)20(23)22(2)15-9-12-17-10-5-4-6-11-17/h4-8,10-11,13-14,16H,9,12,15H2,1-3H3. The van der Waals surface area contributed by atoms with E-state index in [0.29, 0.717) is 12.1 Å². The smallest absolute Gasteiger partial charge is 0.318 e. The molecule has 0 N–H and O–H groups in total. The number of aryl methyl sites for hydroxylation is 1. The summed E-state index contributed by atoms with van der Waals surface area (Å²) in [6.07, 6.45) is 1.84. The van der Waals surface area contributed by atoms with E-state index >= 15 is 0 Å². The maximum atomic E-state index is 12.8. The third-order valence-electron chi connectivity index (χ3n) is 4.10. The van der Waals surface area contributed by atoms with E-state index in [1.807, 2.05) is 49.5 Å². The van der Waals surface area contributed by atoms with Gasteiger partial charge in [0, 0.05) is 18.5 Å². The summed E-state index contributed by atoms with van der Waals surface area (Å²) in [5.41, 5.74) is 1.90. The maximum absolute atomic E-state index is 12.8. The Bertz CT molecular complexity index is 733. The topological polar surface area (TPSA) is 46.6 Å². The molecule has 1 unspecified atom stereocenters. The van der Waals surface area contributed by atoms with E-state index in [-0.39, 0.29) is 17.1 Å². The Balaban J connectivity index is 1.98. The average molecular weight is 372 g/mol. The van der Waals surface area contributed by atoms with Gasteiger partial charge in [0.2, 0.25) is 0 Å². The van der Waals surface area contributed by atoms with E-state index in [2.05, 4.69) is 12.1 Å². The van der Waals surface area contributed by atoms with Gasteiger partial charge < -0.3 is 9.64 Å². The second-order valence-corrected chi connectivity index (χ2v) is 7.48. The third-order valence-corrected chi connectivity index (χ3v) is 5.26. The van der Waals surface area contributed by atoms with Gasteiger partial charge in [-0.25, -0.2) is 0 Å². The van der Waals surface area contributed by atoms with Gasteiger partial charge in [-0.2, -0.15) is 0 Å². The second kappa shape index (κ2) is 10.0. The molecule has 0 aliphatic rings. The molecule has 2 rings (SSSR count). The van der Waals surface area contributed by atoms with E-state index in [9.17, 15) is 9.59 Å². The Hall–Kier alpha value is -2.27. The van der Waals surface area contributed by atoms with Gasteiger partial charge in [-0.05, 0) is 37.5 Å². The van der Waals surface area contributed by atoms with Crippen LogP contribution in [0, 0.1) is 0 Å². The van der Waals surface area contributed by atoms with Gasteiger partial charge in [-0.15, -0.1) is 11.8 Å². The SMILES string of the molecule is COC(=O)C(C)Sc1ccccc1C(=O)N(C)CCCc1ccccc1. The Labute approximate surface area is 159 Å². The Morgan fingerprint density at radius 1 is 1.08 bits per heavy atom. The molecule has 1 amide bonds. The molecule has 4 nitrogen and oxygen atoms in total. The molecule has 2 aromatic rings. The molecule has 5 heteroatoms. The number of esters is 1. The van der Waals surface area contributed by atoms with E-state index in [0.717, 1.165) is 17.7 Å². The second-order valence-electron chi connectivity index (χ2n) is 6.10. The predicted molar refractivity (Wildman–Crippen MR) is 106 cm³/mol. The van der Waals surface area contributed by atoms with Gasteiger partial charge in [0.05, 0.1) is 12.7 Å². The third kappa shape index (κ3) is 5.63. The molecule has 0 saturated carbocycles. The van der Waals surface area contributed by atoms with Gasteiger partial charge in [0.15, 0.2) is 0 Å². The van der Waals surface area contributed by atoms with Gasteiger partial charge in [-0.1, -0.05) is 42.5 Å². The number of carbonyl (C=O) groups is 2. The van der Waals surface area contributed by atoms with Crippen LogP contribution in [0.2, 0.25) is 0 Å². The molecule has 138 valence electrons. The van der Waals surface area contributed by atoms with Crippen LogP contribution in [0.3, 0.4) is 0 Å². The predicted octanol–water partition coefficient (Wildman–Crippen LogP) is 4.05. The zero-order chi connectivity index (χ0) is 18.9. The van der Waals surface area contributed by atoms with Gasteiger partial charge in [0.25, 0.3) is 5.91 Å². The van der Waals surface area contributed by atoms with Crippen LogP contribution >= 0.6 is 11.8 Å². The van der Waals surface area contributed by atoms with Gasteiger partial charge in [-0.3, -0.25) is 9.59 Å². The summed E-state index contributed by atoms with van der Waals surface area (Å²) in [4.78, 5) is 27.0. The minimum atomic E-state index is -0.364. The number of amides is 1. The molecule has 0 heterocycles. The van der Waals surface area contributed by atoms with Crippen molar-refractivity contribution >= 4 is 23.6 Å². The zero-order valence-electron chi connectivity index (χ0n) is 15.5. The Kier molecular flexibility index (Phi) is 7.73. The maximum Gasteiger partial charge on any atom is 0.318 e. The number of thioether (sulfide) groups is 1. The van der Waals surface area contributed by atoms with Crippen molar-refractivity contribution in [3.63, 3.8) is 0 Å². The first-order chi connectivity index (χ1) is 12.5. The molecule has 0 saturated heterocycles. The lowest BCUT2D eigenvalue weighted by molar-refractivity contribution is -0.139. The number of hydrogen-bond acceptors (Lipinski definition) is 4. The van der Waals surface area contributed by atoms with E-state index in [1.54, 1.807) is 11.8 Å². The van der Waals surface area contributed by atoms with Crippen LogP contribution in [0.5, 0.6) is 0 Å². The quantitative estimate of drug-likeness (QED) is 0.519. The molecule has 0 fully saturated rings. The highest BCUT2D eigenvalue weighted by Crippen LogP contribution is 2.28. The van der Waals surface area contributed by atoms with Crippen molar-refractivity contribution in [2.24, 2.45) is 0 Å². The molecule has 0 aliphatic carbocycles. The fourth-order valence-electron chi connectivity index (χ4n) is 2.62. The summed E-state index contributed by atoms with van der Waals surface area (Å²) < 4.78 is 4.77. The average Bonchev–Trinajstić information content (AvgIpc) is 2.67. The summed E-state index contributed by atoms with van der Waals surface area (Å²) >= 11 is 1.35. The summed E-state index contributed by atoms with van der Waals surface area (Å²) in [6, 6.07) is 17.7. The van der Waals surface area contributed by atoms with E-state index in [4.69, 9.17) is 4.74 Å². The first-order valence-electron chi connectivity index (χ1n) is 8.66. The summed E-state index contributed by atoms with van der Waals surface area (Å²) in [6.45, 7) is 2.46. The zero-order valence-corrected chi connectivity index (χ0v) is 16.3. The van der Waals surface area contributed by atoms with Crippen molar-refractivity contribution in [2.45, 2.75) is 29.9 Å². The normalized spacial score (nSPS) is 11.7. The minimum Gasteiger partial charge on any atom is -0.468 e. The van der Waals surface area contributed by atoms with Crippen LogP contribution < -0.4 is 0 Å². The first-order valence-corrected chi connectivity index (χ1v) is 9.53. The molecule has 0 radical (unpaired) electrons. The van der Waals surface area contributed by atoms with E-state index < -0.39 is 0 Å². The van der Waals surface area contributed by atoms with Crippen LogP contribution in [0.25, 0.3) is 0 Å². The molecule has 0 aliphatic heterocycles. The van der Waals surface area contributed by atoms with Gasteiger partial charge in [0.1, 0.15) is 5.25 Å². The molecule has 0 aromatic heterocycles. The molecule has 0 spiro atoms. The Morgan fingerprint density at radius 3 is 2.42 bits per heavy atom. The fourth-order valence-corrected chi connectivity index (χ4v) is 3.64. The molecule has 2 aromatic carbocycles. The van der Waals surface area contributed by atoms with Crippen molar-refractivity contribution in [1.82, 2.24) is 4.90 Å². The Morgan fingerprint density at radius 2 is 1.73 bits per heavy atom. The molecular formula is C21H25NO3S. The summed E-state index contributed by atoms with van der Waals surface area (Å²) in [5.74, 6) is -0.327. The monoisotopic (exact) mass is 371 g/mol. The number of rotatable bonds is 8. The van der Waals surface area contributed by atoms with Crippen molar-refractivity contribution in [2.75, 3.05) is 20.7 Å². The van der Waals surface area contributed by atoms with Crippen molar-refractivity contribution < 1.29 is 14.3 Å². The lowest BCUT2D eigenvalue weighted by atomic mass is 10.1. The number of ether oxygens (including phenoxy) is 1. The van der Waals surface area contributed by atoms with Crippen LogP contribution in [0.15, 0.2) is 59.5 Å². The molecular weight excluding hydrogens is 346 g/mol. The highest BCUT2D eigenvalue weighted by molar-refractivity contribution is 8.00. The summed E-state index contributed by atoms with van der Waals surface area (Å²) in [7, 11) is 3.19. The van der Waals surface area contributed by atoms with Crippen LogP contribution in [-0.2, 0) is 16.0 Å². The summed E-state index contributed by atoms with van der Waals surface area (Å²) in [5, 5.41) is -0.364. The van der Waals surface area contributed by atoms with Gasteiger partial charge >= 0.3 is 5.97 Å². The van der Waals surface area contributed by atoms with Crippen LogP contribution in [-0.4, -0.2) is 42.7 Å². The van der Waals surface area contributed by atoms with Crippen molar-refractivity contribution in [3.8, 4) is 0 Å². The number of carbonyl (C=O) groups excluding carboxylic acids is 2. The van der Waals surface area contributed by atoms with Crippen molar-refractivity contribution in [1.29, 1.82) is 0 Å². The number of methoxy groups -OCH3 is 1. The fraction of sp³-hybridized carbons (Fsp3) is 0.333. The highest BCUT2D eigenvalue weighted by atomic mass is 32.2. The van der Waals surface area contributed by atoms with Crippen LogP contribution in [0.4, 0.5) is 0 Å². The molecule has 0 bridgehead atoms. The van der Waals surface area contributed by atoms with Crippen LogP contribution in [0.1, 0.15) is 29.3 Å². The number of benzene rings is 2. The lowest BCUT2D eigenvalue weighted by Crippen LogP contribution is -2.28. The number of hydrogen-bond donors (Lipinski definition) is 0. The van der Waals surface area contributed by atoms with E-state index in [1.165, 1.54) is 24.4 Å². The molecule has 26 heavy (non-hydrogen) atoms.